The summed E-state index contributed by atoms with van der Waals surface area (Å²) >= 11 is 1.83. The van der Waals surface area contributed by atoms with Gasteiger partial charge in [0.1, 0.15) is 11.0 Å². The number of hydrogen-bond acceptors (Lipinski definition) is 5. The van der Waals surface area contributed by atoms with E-state index in [1.165, 1.54) is 37.0 Å². The number of nitrogens with one attached hydrogen (secondary N) is 2. The maximum atomic E-state index is 13.3. The molecule has 36 heavy (non-hydrogen) atoms. The summed E-state index contributed by atoms with van der Waals surface area (Å²) in [6, 6.07) is 14.1. The van der Waals surface area contributed by atoms with Gasteiger partial charge in [0, 0.05) is 37.0 Å². The lowest BCUT2D eigenvalue weighted by Gasteiger charge is -2.39. The first-order valence-electron chi connectivity index (χ1n) is 13.2. The first-order chi connectivity index (χ1) is 17.5. The zero-order chi connectivity index (χ0) is 25.1. The first kappa shape index (κ1) is 25.8. The Hall–Kier alpha value is -1.87. The third kappa shape index (κ3) is 6.15. The van der Waals surface area contributed by atoms with Crippen LogP contribution in [0.25, 0.3) is 0 Å². The molecule has 1 aliphatic carbocycles. The minimum Gasteiger partial charge on any atom is -0.322 e. The van der Waals surface area contributed by atoms with Crippen molar-refractivity contribution < 1.29 is 9.00 Å². The van der Waals surface area contributed by atoms with Crippen LogP contribution in [0.15, 0.2) is 47.4 Å². The number of amides is 1. The highest BCUT2D eigenvalue weighted by Crippen LogP contribution is 2.40. The van der Waals surface area contributed by atoms with Gasteiger partial charge in [-0.05, 0) is 104 Å². The Morgan fingerprint density at radius 3 is 2.36 bits per heavy atom. The summed E-state index contributed by atoms with van der Waals surface area (Å²) in [6.07, 6.45) is 9.53. The van der Waals surface area contributed by atoms with Crippen LogP contribution in [0.4, 0.5) is 11.4 Å². The van der Waals surface area contributed by atoms with Crippen LogP contribution in [0.5, 0.6) is 0 Å². The molecule has 2 N–H and O–H groups in total. The fourth-order valence-electron chi connectivity index (χ4n) is 5.43. The van der Waals surface area contributed by atoms with Gasteiger partial charge in [-0.15, -0.1) is 0 Å². The van der Waals surface area contributed by atoms with Gasteiger partial charge in [0.15, 0.2) is 0 Å². The van der Waals surface area contributed by atoms with Crippen LogP contribution >= 0.6 is 11.9 Å². The lowest BCUT2D eigenvalue weighted by atomic mass is 9.72. The van der Waals surface area contributed by atoms with Gasteiger partial charge < -0.3 is 10.6 Å². The number of nitrogens with zero attached hydrogens (tertiary/aromatic N) is 2. The molecule has 6 nitrogen and oxygen atoms in total. The fourth-order valence-corrected chi connectivity index (χ4v) is 6.81. The number of carbonyl (C=O) groups excluding carboxylic acids is 1. The Morgan fingerprint density at radius 2 is 1.78 bits per heavy atom. The molecule has 0 bridgehead atoms. The first-order valence-corrected chi connectivity index (χ1v) is 15.5. The second-order valence-electron chi connectivity index (χ2n) is 10.5. The zero-order valence-electron chi connectivity index (χ0n) is 21.4. The Bertz CT molecular complexity index is 1080. The second kappa shape index (κ2) is 11.7. The van der Waals surface area contributed by atoms with Gasteiger partial charge in [0.2, 0.25) is 0 Å². The number of carbonyl (C=O) groups is 1. The van der Waals surface area contributed by atoms with Gasteiger partial charge in [-0.1, -0.05) is 25.3 Å². The van der Waals surface area contributed by atoms with Crippen LogP contribution in [0, 0.1) is 17.8 Å². The van der Waals surface area contributed by atoms with Crippen molar-refractivity contribution in [2.24, 2.45) is 17.8 Å². The van der Waals surface area contributed by atoms with Gasteiger partial charge in [0.25, 0.3) is 5.91 Å². The smallest absolute Gasteiger partial charge is 0.257 e. The van der Waals surface area contributed by atoms with Crippen molar-refractivity contribution in [3.8, 4) is 0 Å². The molecule has 2 aliphatic heterocycles. The molecule has 0 aromatic heterocycles. The topological polar surface area (TPSA) is 64.7 Å². The summed E-state index contributed by atoms with van der Waals surface area (Å²) in [5, 5.41) is 6.37. The standard InChI is InChI=1S/C28H38N4O2S2/c1-31(36(2)34)27-11-6-20(16-21-18-29-19-21)17-26(27)28(33)30-24-7-9-25(10-8-24)35-32-14-12-23(13-15-32)22-4-3-5-22/h6-11,17,21-23,29H,3-5,12-16,18-19H2,1-2H3,(H,30,33). The van der Waals surface area contributed by atoms with Crippen LogP contribution in [-0.4, -0.2) is 53.9 Å². The highest BCUT2D eigenvalue weighted by Gasteiger charge is 2.30. The maximum Gasteiger partial charge on any atom is 0.257 e. The maximum absolute atomic E-state index is 13.3. The molecular weight excluding hydrogens is 488 g/mol. The molecule has 3 aliphatic rings. The zero-order valence-corrected chi connectivity index (χ0v) is 23.0. The average molecular weight is 527 g/mol. The lowest BCUT2D eigenvalue weighted by Crippen LogP contribution is -2.43. The van der Waals surface area contributed by atoms with Crippen LogP contribution < -0.4 is 14.9 Å². The molecule has 1 atom stereocenters. The monoisotopic (exact) mass is 526 g/mol. The Balaban J connectivity index is 1.21. The number of rotatable bonds is 9. The average Bonchev–Trinajstić information content (AvgIpc) is 2.82. The molecule has 2 aromatic rings. The molecule has 194 valence electrons. The highest BCUT2D eigenvalue weighted by atomic mass is 32.2. The molecule has 1 amide bonds. The summed E-state index contributed by atoms with van der Waals surface area (Å²) < 4.78 is 16.3. The normalized spacial score (nSPS) is 20.4. The summed E-state index contributed by atoms with van der Waals surface area (Å²) in [5.74, 6) is 2.37. The van der Waals surface area contributed by atoms with E-state index in [1.54, 1.807) is 17.6 Å². The third-order valence-corrected chi connectivity index (χ3v) is 10.2. The fraction of sp³-hybridized carbons (Fsp3) is 0.536. The molecule has 0 radical (unpaired) electrons. The van der Waals surface area contributed by atoms with E-state index < -0.39 is 11.0 Å². The second-order valence-corrected chi connectivity index (χ2v) is 13.1. The largest absolute Gasteiger partial charge is 0.322 e. The van der Waals surface area contributed by atoms with Crippen molar-refractivity contribution in [1.82, 2.24) is 9.62 Å². The molecule has 1 saturated carbocycles. The van der Waals surface area contributed by atoms with Crippen LogP contribution in [0.1, 0.15) is 48.0 Å². The lowest BCUT2D eigenvalue weighted by molar-refractivity contribution is 0.102. The van der Waals surface area contributed by atoms with Crippen molar-refractivity contribution in [3.63, 3.8) is 0 Å². The number of hydrogen-bond donors (Lipinski definition) is 2. The molecule has 3 fully saturated rings. The van der Waals surface area contributed by atoms with Crippen LogP contribution in [-0.2, 0) is 17.4 Å². The summed E-state index contributed by atoms with van der Waals surface area (Å²) in [4.78, 5) is 14.5. The van der Waals surface area contributed by atoms with E-state index in [-0.39, 0.29) is 5.91 Å². The minimum absolute atomic E-state index is 0.172. The molecule has 5 rings (SSSR count). The van der Waals surface area contributed by atoms with Gasteiger partial charge in [-0.3, -0.25) is 9.10 Å². The van der Waals surface area contributed by atoms with Crippen LogP contribution in [0.2, 0.25) is 0 Å². The third-order valence-electron chi connectivity index (χ3n) is 8.08. The van der Waals surface area contributed by atoms with Crippen molar-refractivity contribution >= 4 is 40.2 Å². The Morgan fingerprint density at radius 1 is 1.08 bits per heavy atom. The van der Waals surface area contributed by atoms with Crippen molar-refractivity contribution in [1.29, 1.82) is 0 Å². The molecule has 0 spiro atoms. The predicted molar refractivity (Wildman–Crippen MR) is 151 cm³/mol. The van der Waals surface area contributed by atoms with E-state index in [9.17, 15) is 9.00 Å². The number of anilines is 2. The predicted octanol–water partition coefficient (Wildman–Crippen LogP) is 4.95. The quantitative estimate of drug-likeness (QED) is 0.453. The Labute approximate surface area is 222 Å². The molecular formula is C28H38N4O2S2. The van der Waals surface area contributed by atoms with E-state index >= 15 is 0 Å². The number of benzene rings is 2. The van der Waals surface area contributed by atoms with Gasteiger partial charge in [-0.25, -0.2) is 8.51 Å². The van der Waals surface area contributed by atoms with E-state index in [2.05, 4.69) is 33.1 Å². The van der Waals surface area contributed by atoms with Crippen molar-refractivity contribution in [2.75, 3.05) is 49.1 Å². The molecule has 8 heteroatoms. The summed E-state index contributed by atoms with van der Waals surface area (Å²) in [7, 11) is 0.547. The number of piperidine rings is 1. The SMILES string of the molecule is CN(c1ccc(CC2CNC2)cc1C(=O)Nc1ccc(SN2CCC(C3CCC3)CC2)cc1)S(C)=O. The summed E-state index contributed by atoms with van der Waals surface area (Å²) in [5.41, 5.74) is 3.15. The van der Waals surface area contributed by atoms with Crippen molar-refractivity contribution in [3.05, 3.63) is 53.6 Å². The van der Waals surface area contributed by atoms with Gasteiger partial charge >= 0.3 is 0 Å². The molecule has 2 saturated heterocycles. The van der Waals surface area contributed by atoms with Gasteiger partial charge in [0.05, 0.1) is 11.3 Å². The van der Waals surface area contributed by atoms with Crippen molar-refractivity contribution in [2.45, 2.75) is 43.4 Å². The van der Waals surface area contributed by atoms with E-state index in [0.29, 0.717) is 17.2 Å². The molecule has 2 heterocycles. The highest BCUT2D eigenvalue weighted by molar-refractivity contribution is 7.97. The van der Waals surface area contributed by atoms with Gasteiger partial charge in [-0.2, -0.15) is 0 Å². The summed E-state index contributed by atoms with van der Waals surface area (Å²) in [6.45, 7) is 4.36. The van der Waals surface area contributed by atoms with Crippen LogP contribution in [0.3, 0.4) is 0 Å². The minimum atomic E-state index is -1.22. The van der Waals surface area contributed by atoms with E-state index in [4.69, 9.17) is 0 Å². The molecule has 2 aromatic carbocycles. The van der Waals surface area contributed by atoms with E-state index in [0.717, 1.165) is 55.7 Å². The van der Waals surface area contributed by atoms with E-state index in [1.807, 2.05) is 36.2 Å². The Kier molecular flexibility index (Phi) is 8.35. The molecule has 1 unspecified atom stereocenters.